The first-order valence-corrected chi connectivity index (χ1v) is 5.64. The Kier molecular flexibility index (Phi) is 4.20. The predicted octanol–water partition coefficient (Wildman–Crippen LogP) is 1.35. The van der Waals surface area contributed by atoms with Crippen LogP contribution in [0, 0.1) is 0 Å². The number of nitrogens with one attached hydrogen (secondary N) is 1. The predicted molar refractivity (Wildman–Crippen MR) is 61.8 cm³/mol. The number of hydrogen-bond donors (Lipinski definition) is 1. The van der Waals surface area contributed by atoms with Gasteiger partial charge in [0.2, 0.25) is 0 Å². The normalized spacial score (nSPS) is 20.0. The minimum absolute atomic E-state index is 0.0602. The number of hydrogen-bond acceptors (Lipinski definition) is 4. The molecule has 1 fully saturated rings. The van der Waals surface area contributed by atoms with E-state index in [1.807, 2.05) is 20.8 Å². The molecule has 17 heavy (non-hydrogen) atoms. The molecular formula is C11H20N2O4. The summed E-state index contributed by atoms with van der Waals surface area (Å²) in [5.74, 6) is 0. The van der Waals surface area contributed by atoms with Crippen molar-refractivity contribution in [3.8, 4) is 0 Å². The summed E-state index contributed by atoms with van der Waals surface area (Å²) in [5, 5.41) is 2.67. The van der Waals surface area contributed by atoms with Crippen LogP contribution < -0.4 is 5.32 Å². The second-order valence-corrected chi connectivity index (χ2v) is 5.05. The van der Waals surface area contributed by atoms with Crippen LogP contribution in [0.15, 0.2) is 0 Å². The fourth-order valence-corrected chi connectivity index (χ4v) is 1.60. The van der Waals surface area contributed by atoms with E-state index >= 15 is 0 Å². The van der Waals surface area contributed by atoms with Crippen molar-refractivity contribution in [2.24, 2.45) is 0 Å². The first kappa shape index (κ1) is 13.6. The third-order valence-electron chi connectivity index (χ3n) is 2.35. The number of alkyl carbamates (subject to hydrolysis) is 1. The lowest BCUT2D eigenvalue weighted by atomic mass is 10.2. The first-order chi connectivity index (χ1) is 7.81. The van der Waals surface area contributed by atoms with Crippen LogP contribution in [-0.2, 0) is 9.47 Å². The maximum absolute atomic E-state index is 11.7. The SMILES string of the molecule is COC(=O)N[C@@H]1CCN(C(=O)OC(C)(C)C)C1. The van der Waals surface area contributed by atoms with Crippen LogP contribution in [0.25, 0.3) is 0 Å². The van der Waals surface area contributed by atoms with E-state index in [9.17, 15) is 9.59 Å². The Morgan fingerprint density at radius 3 is 2.53 bits per heavy atom. The number of rotatable bonds is 1. The molecule has 6 heteroatoms. The van der Waals surface area contributed by atoms with Gasteiger partial charge >= 0.3 is 12.2 Å². The molecule has 0 unspecified atom stereocenters. The quantitative estimate of drug-likeness (QED) is 0.756. The van der Waals surface area contributed by atoms with E-state index in [0.717, 1.165) is 0 Å². The molecule has 0 aromatic heterocycles. The summed E-state index contributed by atoms with van der Waals surface area (Å²) in [6.45, 7) is 6.52. The zero-order valence-electron chi connectivity index (χ0n) is 10.8. The van der Waals surface area contributed by atoms with Gasteiger partial charge in [-0.3, -0.25) is 0 Å². The van der Waals surface area contributed by atoms with E-state index < -0.39 is 11.7 Å². The summed E-state index contributed by atoms with van der Waals surface area (Å²) >= 11 is 0. The number of likely N-dealkylation sites (tertiary alicyclic amines) is 1. The van der Waals surface area contributed by atoms with E-state index in [2.05, 4.69) is 10.1 Å². The minimum atomic E-state index is -0.495. The highest BCUT2D eigenvalue weighted by Crippen LogP contribution is 2.15. The molecule has 2 amide bonds. The molecule has 1 aliphatic heterocycles. The molecule has 0 aromatic rings. The molecule has 0 radical (unpaired) electrons. The Balaban J connectivity index is 2.39. The lowest BCUT2D eigenvalue weighted by Crippen LogP contribution is -2.40. The van der Waals surface area contributed by atoms with E-state index in [1.54, 1.807) is 4.90 Å². The van der Waals surface area contributed by atoms with Crippen molar-refractivity contribution in [1.82, 2.24) is 10.2 Å². The molecule has 1 heterocycles. The third kappa shape index (κ3) is 4.50. The topological polar surface area (TPSA) is 67.9 Å². The Morgan fingerprint density at radius 1 is 1.35 bits per heavy atom. The zero-order valence-corrected chi connectivity index (χ0v) is 10.8. The molecular weight excluding hydrogens is 224 g/mol. The van der Waals surface area contributed by atoms with Crippen LogP contribution in [0.2, 0.25) is 0 Å². The highest BCUT2D eigenvalue weighted by Gasteiger charge is 2.30. The molecule has 0 saturated carbocycles. The van der Waals surface area contributed by atoms with Crippen LogP contribution >= 0.6 is 0 Å². The first-order valence-electron chi connectivity index (χ1n) is 5.64. The van der Waals surface area contributed by atoms with Gasteiger partial charge in [-0.25, -0.2) is 9.59 Å². The molecule has 0 aliphatic carbocycles. The monoisotopic (exact) mass is 244 g/mol. The third-order valence-corrected chi connectivity index (χ3v) is 2.35. The van der Waals surface area contributed by atoms with Gasteiger partial charge in [-0.2, -0.15) is 0 Å². The molecule has 1 N–H and O–H groups in total. The summed E-state index contributed by atoms with van der Waals surface area (Å²) < 4.78 is 9.75. The van der Waals surface area contributed by atoms with Gasteiger partial charge in [-0.15, -0.1) is 0 Å². The van der Waals surface area contributed by atoms with Gasteiger partial charge in [0.15, 0.2) is 0 Å². The van der Waals surface area contributed by atoms with Gasteiger partial charge < -0.3 is 19.7 Å². The summed E-state index contributed by atoms with van der Waals surface area (Å²) in [6.07, 6.45) is -0.0957. The van der Waals surface area contributed by atoms with Gasteiger partial charge in [0.05, 0.1) is 13.2 Å². The molecule has 6 nitrogen and oxygen atoms in total. The Morgan fingerprint density at radius 2 is 2.00 bits per heavy atom. The van der Waals surface area contributed by atoms with E-state index in [4.69, 9.17) is 4.74 Å². The lowest BCUT2D eigenvalue weighted by molar-refractivity contribution is 0.0290. The van der Waals surface area contributed by atoms with Gasteiger partial charge in [0.25, 0.3) is 0 Å². The highest BCUT2D eigenvalue weighted by atomic mass is 16.6. The number of carbonyl (C=O) groups is 2. The molecule has 98 valence electrons. The minimum Gasteiger partial charge on any atom is -0.453 e. The van der Waals surface area contributed by atoms with Crippen molar-refractivity contribution in [1.29, 1.82) is 0 Å². The smallest absolute Gasteiger partial charge is 0.410 e. The number of nitrogens with zero attached hydrogens (tertiary/aromatic N) is 1. The second-order valence-electron chi connectivity index (χ2n) is 5.05. The van der Waals surface area contributed by atoms with Crippen LogP contribution in [0.5, 0.6) is 0 Å². The Labute approximate surface area is 101 Å². The highest BCUT2D eigenvalue weighted by molar-refractivity contribution is 5.70. The number of methoxy groups -OCH3 is 1. The van der Waals surface area contributed by atoms with Gasteiger partial charge in [-0.1, -0.05) is 0 Å². The van der Waals surface area contributed by atoms with Crippen LogP contribution in [0.4, 0.5) is 9.59 Å². The molecule has 1 rings (SSSR count). The van der Waals surface area contributed by atoms with Gasteiger partial charge in [-0.05, 0) is 27.2 Å². The average Bonchev–Trinajstić information content (AvgIpc) is 2.63. The van der Waals surface area contributed by atoms with Crippen molar-refractivity contribution in [3.05, 3.63) is 0 Å². The summed E-state index contributed by atoms with van der Waals surface area (Å²) in [7, 11) is 1.32. The van der Waals surface area contributed by atoms with E-state index in [0.29, 0.717) is 19.5 Å². The van der Waals surface area contributed by atoms with Crippen molar-refractivity contribution in [2.45, 2.75) is 38.8 Å². The largest absolute Gasteiger partial charge is 0.453 e. The second kappa shape index (κ2) is 5.25. The van der Waals surface area contributed by atoms with E-state index in [-0.39, 0.29) is 12.1 Å². The Hall–Kier alpha value is -1.46. The maximum atomic E-state index is 11.7. The number of ether oxygens (including phenoxy) is 2. The standard InChI is InChI=1S/C11H20N2O4/c1-11(2,3)17-10(15)13-6-5-8(7-13)12-9(14)16-4/h8H,5-7H2,1-4H3,(H,12,14)/t8-/m1/s1. The van der Waals surface area contributed by atoms with Crippen LogP contribution in [0.3, 0.4) is 0 Å². The van der Waals surface area contributed by atoms with Crippen LogP contribution in [0.1, 0.15) is 27.2 Å². The summed E-state index contributed by atoms with van der Waals surface area (Å²) in [6, 6.07) is -0.0602. The van der Waals surface area contributed by atoms with Gasteiger partial charge in [0.1, 0.15) is 5.60 Å². The van der Waals surface area contributed by atoms with Crippen molar-refractivity contribution in [3.63, 3.8) is 0 Å². The average molecular weight is 244 g/mol. The molecule has 0 aromatic carbocycles. The Bertz CT molecular complexity index is 298. The summed E-state index contributed by atoms with van der Waals surface area (Å²) in [5.41, 5.74) is -0.495. The van der Waals surface area contributed by atoms with Crippen molar-refractivity contribution in [2.75, 3.05) is 20.2 Å². The fourth-order valence-electron chi connectivity index (χ4n) is 1.60. The zero-order chi connectivity index (χ0) is 13.1. The molecule has 1 saturated heterocycles. The van der Waals surface area contributed by atoms with Crippen LogP contribution in [-0.4, -0.2) is 48.9 Å². The fraction of sp³-hybridized carbons (Fsp3) is 0.818. The maximum Gasteiger partial charge on any atom is 0.410 e. The molecule has 1 atom stereocenters. The van der Waals surface area contributed by atoms with E-state index in [1.165, 1.54) is 7.11 Å². The number of carbonyl (C=O) groups excluding carboxylic acids is 2. The van der Waals surface area contributed by atoms with Gasteiger partial charge in [0, 0.05) is 13.1 Å². The molecule has 0 spiro atoms. The molecule has 1 aliphatic rings. The van der Waals surface area contributed by atoms with Crippen molar-refractivity contribution < 1.29 is 19.1 Å². The number of amides is 2. The molecule has 0 bridgehead atoms. The van der Waals surface area contributed by atoms with Crippen molar-refractivity contribution >= 4 is 12.2 Å². The summed E-state index contributed by atoms with van der Waals surface area (Å²) in [4.78, 5) is 24.3. The lowest BCUT2D eigenvalue weighted by Gasteiger charge is -2.24.